The van der Waals surface area contributed by atoms with Gasteiger partial charge in [-0.15, -0.1) is 0 Å². The fourth-order valence-electron chi connectivity index (χ4n) is 2.89. The maximum Gasteiger partial charge on any atom is 0.326 e. The third-order valence-electron chi connectivity index (χ3n) is 4.32. The highest BCUT2D eigenvalue weighted by Gasteiger charge is 2.34. The van der Waals surface area contributed by atoms with Gasteiger partial charge in [0, 0.05) is 5.92 Å². The Morgan fingerprint density at radius 2 is 1.62 bits per heavy atom. The zero-order chi connectivity index (χ0) is 16.2. The van der Waals surface area contributed by atoms with Crippen LogP contribution in [0.5, 0.6) is 0 Å². The van der Waals surface area contributed by atoms with Gasteiger partial charge < -0.3 is 15.5 Å². The first-order valence-corrected chi connectivity index (χ1v) is 7.36. The SMILES string of the molecule is CC(C)(C)C1CCC(C(=O)N[C@H](CC(=O)O)C(=O)O)CC1. The summed E-state index contributed by atoms with van der Waals surface area (Å²) < 4.78 is 0. The fourth-order valence-corrected chi connectivity index (χ4v) is 2.89. The van der Waals surface area contributed by atoms with Gasteiger partial charge in [-0.3, -0.25) is 9.59 Å². The molecule has 21 heavy (non-hydrogen) atoms. The summed E-state index contributed by atoms with van der Waals surface area (Å²) in [6.07, 6.45) is 2.75. The molecule has 1 rings (SSSR count). The average molecular weight is 299 g/mol. The highest BCUT2D eigenvalue weighted by molar-refractivity contribution is 5.87. The number of carboxylic acids is 2. The molecule has 0 aromatic heterocycles. The summed E-state index contributed by atoms with van der Waals surface area (Å²) in [5.41, 5.74) is 0.217. The molecule has 1 atom stereocenters. The topological polar surface area (TPSA) is 104 Å². The van der Waals surface area contributed by atoms with Crippen LogP contribution in [0, 0.1) is 17.3 Å². The molecule has 0 saturated heterocycles. The molecule has 0 aromatic rings. The summed E-state index contributed by atoms with van der Waals surface area (Å²) in [6, 6.07) is -1.35. The second-order valence-corrected chi connectivity index (χ2v) is 6.91. The first-order valence-electron chi connectivity index (χ1n) is 7.36. The largest absolute Gasteiger partial charge is 0.481 e. The molecule has 120 valence electrons. The van der Waals surface area contributed by atoms with E-state index in [9.17, 15) is 14.4 Å². The minimum Gasteiger partial charge on any atom is -0.481 e. The number of carbonyl (C=O) groups excluding carboxylic acids is 1. The summed E-state index contributed by atoms with van der Waals surface area (Å²) in [7, 11) is 0. The van der Waals surface area contributed by atoms with Crippen molar-refractivity contribution in [2.45, 2.75) is 58.9 Å². The van der Waals surface area contributed by atoms with Crippen LogP contribution in [0.1, 0.15) is 52.9 Å². The summed E-state index contributed by atoms with van der Waals surface area (Å²) in [5.74, 6) is -2.53. The highest BCUT2D eigenvalue weighted by atomic mass is 16.4. The van der Waals surface area contributed by atoms with E-state index in [1.807, 2.05) is 0 Å². The van der Waals surface area contributed by atoms with Crippen LogP contribution in [-0.4, -0.2) is 34.1 Å². The Labute approximate surface area is 124 Å². The summed E-state index contributed by atoms with van der Waals surface area (Å²) in [4.78, 5) is 33.7. The van der Waals surface area contributed by atoms with E-state index in [1.165, 1.54) is 0 Å². The number of hydrogen-bond donors (Lipinski definition) is 3. The van der Waals surface area contributed by atoms with E-state index >= 15 is 0 Å². The second kappa shape index (κ2) is 6.91. The Morgan fingerprint density at radius 3 is 2.00 bits per heavy atom. The fraction of sp³-hybridized carbons (Fsp3) is 0.800. The van der Waals surface area contributed by atoms with Crippen molar-refractivity contribution in [3.8, 4) is 0 Å². The Bertz CT molecular complexity index is 405. The van der Waals surface area contributed by atoms with E-state index in [0.29, 0.717) is 5.92 Å². The van der Waals surface area contributed by atoms with E-state index < -0.39 is 24.4 Å². The van der Waals surface area contributed by atoms with Crippen molar-refractivity contribution in [1.29, 1.82) is 0 Å². The van der Waals surface area contributed by atoms with Gasteiger partial charge in [0.25, 0.3) is 0 Å². The quantitative estimate of drug-likeness (QED) is 0.719. The van der Waals surface area contributed by atoms with E-state index in [0.717, 1.165) is 25.7 Å². The molecule has 0 radical (unpaired) electrons. The lowest BCUT2D eigenvalue weighted by Crippen LogP contribution is -2.45. The molecular formula is C15H25NO5. The molecule has 1 fully saturated rings. The maximum absolute atomic E-state index is 12.1. The van der Waals surface area contributed by atoms with E-state index in [2.05, 4.69) is 26.1 Å². The van der Waals surface area contributed by atoms with Crippen LogP contribution >= 0.6 is 0 Å². The lowest BCUT2D eigenvalue weighted by Gasteiger charge is -2.36. The molecule has 0 aromatic carbocycles. The maximum atomic E-state index is 12.1. The molecular weight excluding hydrogens is 274 g/mol. The van der Waals surface area contributed by atoms with Crippen LogP contribution in [0.2, 0.25) is 0 Å². The standard InChI is InChI=1S/C15H25NO5/c1-15(2,3)10-6-4-9(5-7-10)13(19)16-11(14(20)21)8-12(17)18/h9-11H,4-8H2,1-3H3,(H,16,19)(H,17,18)(H,20,21)/t9?,10?,11-/m1/s1. The first-order chi connectivity index (χ1) is 9.61. The van der Waals surface area contributed by atoms with Crippen molar-refractivity contribution in [1.82, 2.24) is 5.32 Å². The van der Waals surface area contributed by atoms with Crippen molar-refractivity contribution in [3.63, 3.8) is 0 Å². The lowest BCUT2D eigenvalue weighted by atomic mass is 9.69. The second-order valence-electron chi connectivity index (χ2n) is 6.91. The van der Waals surface area contributed by atoms with Crippen LogP contribution in [0.25, 0.3) is 0 Å². The zero-order valence-corrected chi connectivity index (χ0v) is 12.9. The van der Waals surface area contributed by atoms with E-state index in [4.69, 9.17) is 10.2 Å². The predicted molar refractivity (Wildman–Crippen MR) is 76.7 cm³/mol. The molecule has 1 aliphatic carbocycles. The van der Waals surface area contributed by atoms with Crippen molar-refractivity contribution in [3.05, 3.63) is 0 Å². The molecule has 1 amide bonds. The Kier molecular flexibility index (Phi) is 5.75. The molecule has 3 N–H and O–H groups in total. The number of aliphatic carboxylic acids is 2. The monoisotopic (exact) mass is 299 g/mol. The summed E-state index contributed by atoms with van der Waals surface area (Å²) in [6.45, 7) is 6.56. The molecule has 6 heteroatoms. The van der Waals surface area contributed by atoms with Gasteiger partial charge in [-0.25, -0.2) is 4.79 Å². The van der Waals surface area contributed by atoms with Crippen LogP contribution in [-0.2, 0) is 14.4 Å². The third kappa shape index (κ3) is 5.36. The average Bonchev–Trinajstić information content (AvgIpc) is 2.36. The normalized spacial score (nSPS) is 24.1. The van der Waals surface area contributed by atoms with Crippen LogP contribution in [0.4, 0.5) is 0 Å². The predicted octanol–water partition coefficient (Wildman–Crippen LogP) is 1.88. The van der Waals surface area contributed by atoms with Gasteiger partial charge in [0.15, 0.2) is 0 Å². The highest BCUT2D eigenvalue weighted by Crippen LogP contribution is 2.39. The van der Waals surface area contributed by atoms with Crippen molar-refractivity contribution in [2.75, 3.05) is 0 Å². The lowest BCUT2D eigenvalue weighted by molar-refractivity contribution is -0.147. The smallest absolute Gasteiger partial charge is 0.326 e. The van der Waals surface area contributed by atoms with Gasteiger partial charge in [0.05, 0.1) is 6.42 Å². The molecule has 0 bridgehead atoms. The molecule has 6 nitrogen and oxygen atoms in total. The van der Waals surface area contributed by atoms with E-state index in [1.54, 1.807) is 0 Å². The van der Waals surface area contributed by atoms with Gasteiger partial charge in [-0.05, 0) is 37.0 Å². The molecule has 0 aliphatic heterocycles. The molecule has 1 aliphatic rings. The van der Waals surface area contributed by atoms with Crippen molar-refractivity contribution < 1.29 is 24.6 Å². The molecule has 0 spiro atoms. The first kappa shape index (κ1) is 17.5. The van der Waals surface area contributed by atoms with Crippen LogP contribution in [0.3, 0.4) is 0 Å². The van der Waals surface area contributed by atoms with E-state index in [-0.39, 0.29) is 17.2 Å². The van der Waals surface area contributed by atoms with Crippen LogP contribution in [0.15, 0.2) is 0 Å². The third-order valence-corrected chi connectivity index (χ3v) is 4.32. The van der Waals surface area contributed by atoms with Gasteiger partial charge in [0.1, 0.15) is 6.04 Å². The number of nitrogens with one attached hydrogen (secondary N) is 1. The minimum absolute atomic E-state index is 0.209. The van der Waals surface area contributed by atoms with Crippen molar-refractivity contribution >= 4 is 17.8 Å². The Balaban J connectivity index is 2.53. The van der Waals surface area contributed by atoms with Gasteiger partial charge in [0.2, 0.25) is 5.91 Å². The Hall–Kier alpha value is -1.59. The number of rotatable bonds is 5. The van der Waals surface area contributed by atoms with Crippen LogP contribution < -0.4 is 5.32 Å². The molecule has 0 heterocycles. The number of carbonyl (C=O) groups is 3. The van der Waals surface area contributed by atoms with Gasteiger partial charge in [-0.1, -0.05) is 20.8 Å². The minimum atomic E-state index is -1.35. The number of hydrogen-bond acceptors (Lipinski definition) is 3. The van der Waals surface area contributed by atoms with Gasteiger partial charge >= 0.3 is 11.9 Å². The molecule has 0 unspecified atom stereocenters. The summed E-state index contributed by atoms with van der Waals surface area (Å²) in [5, 5.41) is 20.0. The number of carboxylic acid groups (broad SMARTS) is 2. The Morgan fingerprint density at radius 1 is 1.10 bits per heavy atom. The van der Waals surface area contributed by atoms with Crippen molar-refractivity contribution in [2.24, 2.45) is 17.3 Å². The van der Waals surface area contributed by atoms with Gasteiger partial charge in [-0.2, -0.15) is 0 Å². The molecule has 1 saturated carbocycles. The summed E-state index contributed by atoms with van der Waals surface area (Å²) >= 11 is 0. The zero-order valence-electron chi connectivity index (χ0n) is 12.9. The number of amides is 1.